The number of rotatable bonds is 3. The van der Waals surface area contributed by atoms with Gasteiger partial charge in [-0.3, -0.25) is 0 Å². The van der Waals surface area contributed by atoms with Gasteiger partial charge in [-0.05, 0) is 32.4 Å². The van der Waals surface area contributed by atoms with Crippen molar-refractivity contribution in [1.82, 2.24) is 0 Å². The molecule has 1 N–H and O–H groups in total. The van der Waals surface area contributed by atoms with Crippen LogP contribution >= 0.6 is 11.3 Å². The molecule has 0 amide bonds. The van der Waals surface area contributed by atoms with Gasteiger partial charge in [-0.25, -0.2) is 13.2 Å². The monoisotopic (exact) mass is 285 g/mol. The van der Waals surface area contributed by atoms with Crippen LogP contribution in [0.15, 0.2) is 18.2 Å². The van der Waals surface area contributed by atoms with E-state index in [-0.39, 0.29) is 11.7 Å². The summed E-state index contributed by atoms with van der Waals surface area (Å²) in [4.78, 5) is 2.24. The van der Waals surface area contributed by atoms with Crippen LogP contribution in [0.2, 0.25) is 0 Å². The molecule has 19 heavy (non-hydrogen) atoms. The zero-order chi connectivity index (χ0) is 14.2. The van der Waals surface area contributed by atoms with Crippen molar-refractivity contribution in [3.63, 3.8) is 0 Å². The smallest absolute Gasteiger partial charge is 0.152 e. The highest BCUT2D eigenvalue weighted by Crippen LogP contribution is 2.30. The number of benzene rings is 1. The lowest BCUT2D eigenvalue weighted by atomic mass is 10.1. The van der Waals surface area contributed by atoms with Crippen LogP contribution in [-0.4, -0.2) is 0 Å². The van der Waals surface area contributed by atoms with Crippen LogP contribution in [0.3, 0.4) is 0 Å². The van der Waals surface area contributed by atoms with E-state index in [1.165, 1.54) is 0 Å². The molecule has 2 aromatic rings. The summed E-state index contributed by atoms with van der Waals surface area (Å²) in [7, 11) is 0. The second-order valence-electron chi connectivity index (χ2n) is 4.48. The normalized spacial score (nSPS) is 12.5. The van der Waals surface area contributed by atoms with E-state index in [1.54, 1.807) is 11.3 Å². The summed E-state index contributed by atoms with van der Waals surface area (Å²) in [6.07, 6.45) is 0. The summed E-state index contributed by atoms with van der Waals surface area (Å²) >= 11 is 1.63. The van der Waals surface area contributed by atoms with Gasteiger partial charge in [-0.2, -0.15) is 0 Å². The average Bonchev–Trinajstić information content (AvgIpc) is 2.62. The third kappa shape index (κ3) is 2.92. The number of anilines is 1. The molecule has 0 fully saturated rings. The summed E-state index contributed by atoms with van der Waals surface area (Å²) in [5, 5.41) is 2.77. The third-order valence-electron chi connectivity index (χ3n) is 2.91. The molecule has 1 unspecified atom stereocenters. The molecule has 1 nitrogen and oxygen atoms in total. The van der Waals surface area contributed by atoms with Crippen LogP contribution in [0, 0.1) is 31.3 Å². The fourth-order valence-electron chi connectivity index (χ4n) is 2.05. The van der Waals surface area contributed by atoms with E-state index in [0.29, 0.717) is 12.1 Å². The van der Waals surface area contributed by atoms with Crippen molar-refractivity contribution in [2.75, 3.05) is 5.32 Å². The van der Waals surface area contributed by atoms with Crippen molar-refractivity contribution >= 4 is 17.0 Å². The molecule has 5 heteroatoms. The molecule has 0 spiro atoms. The van der Waals surface area contributed by atoms with E-state index < -0.39 is 17.5 Å². The highest BCUT2D eigenvalue weighted by atomic mass is 32.1. The summed E-state index contributed by atoms with van der Waals surface area (Å²) < 4.78 is 39.9. The Morgan fingerprint density at radius 2 is 1.63 bits per heavy atom. The Balaban J connectivity index is 2.29. The minimum atomic E-state index is -0.922. The van der Waals surface area contributed by atoms with E-state index >= 15 is 0 Å². The van der Waals surface area contributed by atoms with E-state index in [1.807, 2.05) is 26.8 Å². The number of aryl methyl sites for hydroxylation is 2. The molecule has 0 aliphatic carbocycles. The largest absolute Gasteiger partial charge is 0.374 e. The minimum Gasteiger partial charge on any atom is -0.374 e. The van der Waals surface area contributed by atoms with Crippen LogP contribution in [0.5, 0.6) is 0 Å². The van der Waals surface area contributed by atoms with Gasteiger partial charge in [-0.15, -0.1) is 11.3 Å². The summed E-state index contributed by atoms with van der Waals surface area (Å²) in [6, 6.07) is 3.07. The van der Waals surface area contributed by atoms with Crippen LogP contribution in [0.4, 0.5) is 18.9 Å². The van der Waals surface area contributed by atoms with Crippen molar-refractivity contribution in [2.24, 2.45) is 0 Å². The molecule has 102 valence electrons. The molecular weight excluding hydrogens is 271 g/mol. The van der Waals surface area contributed by atoms with Crippen molar-refractivity contribution in [3.8, 4) is 0 Å². The first-order valence-electron chi connectivity index (χ1n) is 5.86. The number of hydrogen-bond acceptors (Lipinski definition) is 2. The highest BCUT2D eigenvalue weighted by molar-refractivity contribution is 7.12. The van der Waals surface area contributed by atoms with Crippen LogP contribution in [0.25, 0.3) is 0 Å². The standard InChI is InChI=1S/C14H14F3NS/c1-7-4-11(9(3)19-7)8(2)18-14-12(16)5-10(15)6-13(14)17/h4-6,8,18H,1-3H3. The van der Waals surface area contributed by atoms with Gasteiger partial charge in [-0.1, -0.05) is 0 Å². The van der Waals surface area contributed by atoms with Gasteiger partial charge in [0.15, 0.2) is 11.6 Å². The van der Waals surface area contributed by atoms with Gasteiger partial charge in [0.1, 0.15) is 11.5 Å². The van der Waals surface area contributed by atoms with Gasteiger partial charge in [0.25, 0.3) is 0 Å². The maximum Gasteiger partial charge on any atom is 0.152 e. The van der Waals surface area contributed by atoms with E-state index in [2.05, 4.69) is 5.32 Å². The maximum absolute atomic E-state index is 13.6. The molecule has 1 aromatic heterocycles. The fraction of sp³-hybridized carbons (Fsp3) is 0.286. The Morgan fingerprint density at radius 3 is 2.11 bits per heavy atom. The lowest BCUT2D eigenvalue weighted by Crippen LogP contribution is -2.10. The summed E-state index contributed by atoms with van der Waals surface area (Å²) in [5.41, 5.74) is 0.697. The van der Waals surface area contributed by atoms with Crippen molar-refractivity contribution in [3.05, 3.63) is 51.0 Å². The Labute approximate surface area is 114 Å². The van der Waals surface area contributed by atoms with Crippen LogP contribution < -0.4 is 5.32 Å². The lowest BCUT2D eigenvalue weighted by molar-refractivity contribution is 0.545. The molecule has 1 aromatic carbocycles. The number of hydrogen-bond donors (Lipinski definition) is 1. The van der Waals surface area contributed by atoms with Crippen LogP contribution in [0.1, 0.15) is 28.3 Å². The van der Waals surface area contributed by atoms with Gasteiger partial charge in [0, 0.05) is 27.9 Å². The van der Waals surface area contributed by atoms with Crippen molar-refractivity contribution < 1.29 is 13.2 Å². The Kier molecular flexibility index (Phi) is 3.85. The lowest BCUT2D eigenvalue weighted by Gasteiger charge is -2.16. The predicted octanol–water partition coefficient (Wildman–Crippen LogP) is 4.96. The topological polar surface area (TPSA) is 12.0 Å². The molecule has 2 rings (SSSR count). The molecule has 0 saturated carbocycles. The Hall–Kier alpha value is -1.49. The summed E-state index contributed by atoms with van der Waals surface area (Å²) in [6.45, 7) is 5.76. The molecule has 0 saturated heterocycles. The molecule has 0 bridgehead atoms. The Morgan fingerprint density at radius 1 is 1.05 bits per heavy atom. The first-order valence-corrected chi connectivity index (χ1v) is 6.68. The van der Waals surface area contributed by atoms with Crippen molar-refractivity contribution in [1.29, 1.82) is 0 Å². The van der Waals surface area contributed by atoms with Gasteiger partial charge < -0.3 is 5.32 Å². The molecule has 1 heterocycles. The average molecular weight is 285 g/mol. The molecule has 0 radical (unpaired) electrons. The van der Waals surface area contributed by atoms with Gasteiger partial charge in [0.2, 0.25) is 0 Å². The molecule has 1 atom stereocenters. The zero-order valence-corrected chi connectivity index (χ0v) is 11.7. The quantitative estimate of drug-likeness (QED) is 0.841. The zero-order valence-electron chi connectivity index (χ0n) is 10.9. The first kappa shape index (κ1) is 13.9. The van der Waals surface area contributed by atoms with E-state index in [4.69, 9.17) is 0 Å². The number of thiophene rings is 1. The minimum absolute atomic E-state index is 0.251. The van der Waals surface area contributed by atoms with Crippen molar-refractivity contribution in [2.45, 2.75) is 26.8 Å². The number of nitrogens with one attached hydrogen (secondary N) is 1. The predicted molar refractivity (Wildman–Crippen MR) is 72.1 cm³/mol. The van der Waals surface area contributed by atoms with Gasteiger partial charge in [0.05, 0.1) is 0 Å². The molecule has 0 aliphatic rings. The van der Waals surface area contributed by atoms with Crippen LogP contribution in [-0.2, 0) is 0 Å². The third-order valence-corrected chi connectivity index (χ3v) is 3.90. The van der Waals surface area contributed by atoms with E-state index in [0.717, 1.165) is 15.3 Å². The Bertz CT molecular complexity index is 584. The summed E-state index contributed by atoms with van der Waals surface area (Å²) in [5.74, 6) is -2.77. The molecular formula is C14H14F3NS. The second-order valence-corrected chi connectivity index (χ2v) is 5.94. The van der Waals surface area contributed by atoms with Gasteiger partial charge >= 0.3 is 0 Å². The number of halogens is 3. The SMILES string of the molecule is Cc1cc(C(C)Nc2c(F)cc(F)cc2F)c(C)s1. The fourth-order valence-corrected chi connectivity index (χ4v) is 3.08. The second kappa shape index (κ2) is 5.25. The maximum atomic E-state index is 13.6. The highest BCUT2D eigenvalue weighted by Gasteiger charge is 2.16. The molecule has 0 aliphatic heterocycles. The van der Waals surface area contributed by atoms with E-state index in [9.17, 15) is 13.2 Å². The first-order chi connectivity index (χ1) is 8.88.